The van der Waals surface area contributed by atoms with Crippen molar-refractivity contribution in [1.82, 2.24) is 5.32 Å². The highest BCUT2D eigenvalue weighted by molar-refractivity contribution is 14.0. The number of halogens is 1. The maximum Gasteiger partial charge on any atom is 0.195 e. The van der Waals surface area contributed by atoms with E-state index in [2.05, 4.69) is 27.8 Å². The lowest BCUT2D eigenvalue weighted by Crippen LogP contribution is -2.46. The van der Waals surface area contributed by atoms with Gasteiger partial charge in [0.05, 0.1) is 20.3 Å². The van der Waals surface area contributed by atoms with Crippen molar-refractivity contribution in [2.45, 2.75) is 24.7 Å². The summed E-state index contributed by atoms with van der Waals surface area (Å²) in [4.78, 5) is 4.42. The molecule has 1 saturated heterocycles. The number of benzene rings is 2. The Labute approximate surface area is 206 Å². The number of ether oxygens (including phenoxy) is 4. The van der Waals surface area contributed by atoms with E-state index >= 15 is 0 Å². The maximum atomic E-state index is 5.80. The topological polar surface area (TPSA) is 73.3 Å². The van der Waals surface area contributed by atoms with Gasteiger partial charge in [-0.05, 0) is 42.7 Å². The quantitative estimate of drug-likeness (QED) is 0.329. The highest BCUT2D eigenvalue weighted by atomic mass is 127. The standard InChI is InChI=1S/C24H31N3O4.HI/c1-25-23(27-19-6-9-21-22(16-19)31-13-3-12-30-21)26-17-24(10-14-29-15-11-24)18-4-7-20(28-2)8-5-18;/h4-9,16H,3,10-15,17H2,1-2H3,(H2,25,26,27);1H. The van der Waals surface area contributed by atoms with Gasteiger partial charge < -0.3 is 29.6 Å². The number of nitrogens with one attached hydrogen (secondary N) is 2. The molecule has 7 nitrogen and oxygen atoms in total. The Bertz CT molecular complexity index is 899. The summed E-state index contributed by atoms with van der Waals surface area (Å²) >= 11 is 0. The lowest BCUT2D eigenvalue weighted by Gasteiger charge is -2.38. The van der Waals surface area contributed by atoms with E-state index in [1.54, 1.807) is 14.2 Å². The van der Waals surface area contributed by atoms with Crippen molar-refractivity contribution in [3.63, 3.8) is 0 Å². The van der Waals surface area contributed by atoms with Crippen LogP contribution in [0.4, 0.5) is 5.69 Å². The van der Waals surface area contributed by atoms with Crippen molar-refractivity contribution in [2.24, 2.45) is 4.99 Å². The second kappa shape index (κ2) is 11.6. The number of guanidine groups is 1. The van der Waals surface area contributed by atoms with E-state index in [4.69, 9.17) is 18.9 Å². The first-order chi connectivity index (χ1) is 15.2. The van der Waals surface area contributed by atoms with Crippen LogP contribution in [0.2, 0.25) is 0 Å². The van der Waals surface area contributed by atoms with Crippen molar-refractivity contribution in [1.29, 1.82) is 0 Å². The Kier molecular flexibility index (Phi) is 8.86. The molecule has 0 aromatic heterocycles. The van der Waals surface area contributed by atoms with Crippen LogP contribution < -0.4 is 24.8 Å². The third kappa shape index (κ3) is 5.78. The third-order valence-electron chi connectivity index (χ3n) is 5.98. The second-order valence-corrected chi connectivity index (χ2v) is 7.88. The van der Waals surface area contributed by atoms with Crippen LogP contribution in [0.1, 0.15) is 24.8 Å². The molecule has 174 valence electrons. The van der Waals surface area contributed by atoms with E-state index < -0.39 is 0 Å². The highest BCUT2D eigenvalue weighted by Gasteiger charge is 2.34. The highest BCUT2D eigenvalue weighted by Crippen LogP contribution is 2.35. The summed E-state index contributed by atoms with van der Waals surface area (Å²) < 4.78 is 22.5. The molecular weight excluding hydrogens is 521 g/mol. The molecule has 2 aliphatic rings. The molecule has 0 aliphatic carbocycles. The molecule has 0 bridgehead atoms. The molecule has 2 aromatic carbocycles. The molecule has 2 N–H and O–H groups in total. The van der Waals surface area contributed by atoms with Gasteiger partial charge in [-0.2, -0.15) is 0 Å². The fourth-order valence-corrected chi connectivity index (χ4v) is 4.08. The Morgan fingerprint density at radius 1 is 1.00 bits per heavy atom. The van der Waals surface area contributed by atoms with E-state index in [1.165, 1.54) is 5.56 Å². The smallest absolute Gasteiger partial charge is 0.195 e. The second-order valence-electron chi connectivity index (χ2n) is 7.88. The summed E-state index contributed by atoms with van der Waals surface area (Å²) in [7, 11) is 3.47. The summed E-state index contributed by atoms with van der Waals surface area (Å²) in [5, 5.41) is 6.91. The third-order valence-corrected chi connectivity index (χ3v) is 5.98. The number of rotatable bonds is 5. The van der Waals surface area contributed by atoms with E-state index in [-0.39, 0.29) is 29.4 Å². The van der Waals surface area contributed by atoms with Gasteiger partial charge in [0, 0.05) is 50.4 Å². The van der Waals surface area contributed by atoms with Crippen LogP contribution in [0.15, 0.2) is 47.5 Å². The van der Waals surface area contributed by atoms with Gasteiger partial charge in [0.15, 0.2) is 17.5 Å². The van der Waals surface area contributed by atoms with Crippen LogP contribution in [0.25, 0.3) is 0 Å². The molecule has 8 heteroatoms. The molecule has 32 heavy (non-hydrogen) atoms. The minimum atomic E-state index is -0.0210. The Balaban J connectivity index is 0.00000289. The number of methoxy groups -OCH3 is 1. The van der Waals surface area contributed by atoms with Crippen molar-refractivity contribution in [2.75, 3.05) is 52.4 Å². The predicted molar refractivity (Wildman–Crippen MR) is 137 cm³/mol. The Hall–Kier alpha value is -2.20. The van der Waals surface area contributed by atoms with Gasteiger partial charge in [-0.1, -0.05) is 12.1 Å². The van der Waals surface area contributed by atoms with Crippen LogP contribution in [-0.2, 0) is 10.2 Å². The van der Waals surface area contributed by atoms with Crippen molar-refractivity contribution < 1.29 is 18.9 Å². The number of hydrogen-bond donors (Lipinski definition) is 2. The first kappa shape index (κ1) is 24.4. The van der Waals surface area contributed by atoms with Gasteiger partial charge in [0.2, 0.25) is 0 Å². The molecule has 0 unspecified atom stereocenters. The fourth-order valence-electron chi connectivity index (χ4n) is 4.08. The monoisotopic (exact) mass is 553 g/mol. The average Bonchev–Trinajstić information content (AvgIpc) is 3.07. The van der Waals surface area contributed by atoms with Crippen LogP contribution in [-0.4, -0.2) is 53.1 Å². The fraction of sp³-hybridized carbons (Fsp3) is 0.458. The van der Waals surface area contributed by atoms with Crippen LogP contribution in [0.5, 0.6) is 17.2 Å². The predicted octanol–water partition coefficient (Wildman–Crippen LogP) is 4.21. The Morgan fingerprint density at radius 2 is 1.72 bits per heavy atom. The molecule has 0 atom stereocenters. The molecule has 1 fully saturated rings. The molecule has 2 aliphatic heterocycles. The normalized spacial score (nSPS) is 17.5. The van der Waals surface area contributed by atoms with Gasteiger partial charge in [-0.25, -0.2) is 0 Å². The maximum absolute atomic E-state index is 5.80. The first-order valence-electron chi connectivity index (χ1n) is 10.8. The van der Waals surface area contributed by atoms with Gasteiger partial charge in [0.25, 0.3) is 0 Å². The van der Waals surface area contributed by atoms with E-state index in [9.17, 15) is 0 Å². The van der Waals surface area contributed by atoms with Gasteiger partial charge in [-0.3, -0.25) is 4.99 Å². The molecule has 0 saturated carbocycles. The van der Waals surface area contributed by atoms with Crippen LogP contribution in [0.3, 0.4) is 0 Å². The van der Waals surface area contributed by atoms with Crippen LogP contribution >= 0.6 is 24.0 Å². The first-order valence-corrected chi connectivity index (χ1v) is 10.8. The SMILES string of the molecule is CN=C(NCC1(c2ccc(OC)cc2)CCOCC1)Nc1ccc2c(c1)OCCCO2.I. The van der Waals surface area contributed by atoms with Gasteiger partial charge in [-0.15, -0.1) is 24.0 Å². The molecule has 2 heterocycles. The van der Waals surface area contributed by atoms with E-state index in [0.717, 1.165) is 62.0 Å². The van der Waals surface area contributed by atoms with Crippen molar-refractivity contribution >= 4 is 35.6 Å². The lowest BCUT2D eigenvalue weighted by molar-refractivity contribution is 0.0514. The summed E-state index contributed by atoms with van der Waals surface area (Å²) in [5.74, 6) is 3.13. The minimum Gasteiger partial charge on any atom is -0.497 e. The molecule has 2 aromatic rings. The van der Waals surface area contributed by atoms with Gasteiger partial charge in [0.1, 0.15) is 5.75 Å². The largest absolute Gasteiger partial charge is 0.497 e. The molecular formula is C24H32IN3O4. The molecule has 4 rings (SSSR count). The van der Waals surface area contributed by atoms with E-state index in [1.807, 2.05) is 30.3 Å². The summed E-state index contributed by atoms with van der Waals surface area (Å²) in [6.45, 7) is 3.60. The van der Waals surface area contributed by atoms with E-state index in [0.29, 0.717) is 19.2 Å². The molecule has 0 radical (unpaired) electrons. The average molecular weight is 553 g/mol. The van der Waals surface area contributed by atoms with Crippen molar-refractivity contribution in [3.8, 4) is 17.2 Å². The number of aliphatic imine (C=N–C) groups is 1. The number of fused-ring (bicyclic) bond motifs is 1. The summed E-state index contributed by atoms with van der Waals surface area (Å²) in [6.07, 6.45) is 2.79. The zero-order valence-corrected chi connectivity index (χ0v) is 21.0. The molecule has 0 amide bonds. The zero-order chi connectivity index (χ0) is 21.5. The summed E-state index contributed by atoms with van der Waals surface area (Å²) in [5.41, 5.74) is 2.17. The van der Waals surface area contributed by atoms with Crippen molar-refractivity contribution in [3.05, 3.63) is 48.0 Å². The van der Waals surface area contributed by atoms with Gasteiger partial charge >= 0.3 is 0 Å². The summed E-state index contributed by atoms with van der Waals surface area (Å²) in [6, 6.07) is 14.2. The lowest BCUT2D eigenvalue weighted by atomic mass is 9.74. The number of nitrogens with zero attached hydrogens (tertiary/aromatic N) is 1. The number of anilines is 1. The minimum absolute atomic E-state index is 0. The Morgan fingerprint density at radius 3 is 2.41 bits per heavy atom. The zero-order valence-electron chi connectivity index (χ0n) is 18.7. The molecule has 0 spiro atoms. The van der Waals surface area contributed by atoms with Crippen LogP contribution in [0, 0.1) is 0 Å². The number of hydrogen-bond acceptors (Lipinski definition) is 5.